The summed E-state index contributed by atoms with van der Waals surface area (Å²) in [5.74, 6) is 0.545. The van der Waals surface area contributed by atoms with Crippen LogP contribution in [0.15, 0.2) is 76.7 Å². The van der Waals surface area contributed by atoms with Gasteiger partial charge in [0, 0.05) is 5.56 Å². The van der Waals surface area contributed by atoms with Gasteiger partial charge in [-0.05, 0) is 55.8 Å². The monoisotopic (exact) mass is 481 g/mol. The lowest BCUT2D eigenvalue weighted by Crippen LogP contribution is -2.40. The molecule has 0 spiro atoms. The fourth-order valence-electron chi connectivity index (χ4n) is 3.38. The molecule has 9 heteroatoms. The molecule has 3 aromatic rings. The number of nitrogens with zero attached hydrogens (tertiary/aromatic N) is 2. The first-order chi connectivity index (χ1) is 16.3. The standard InChI is InChI=1S/C25H27N3O5S/c1-18-10-12-23(19(2)14-18)28(34(30,31)22-8-6-5-7-9-22)17-25(29)27-26-16-20-15-21(32-3)11-13-24(20)33-4/h5-16H,17H2,1-4H3,(H,27,29)/b26-16-. The number of hydrogen-bond donors (Lipinski definition) is 1. The summed E-state index contributed by atoms with van der Waals surface area (Å²) >= 11 is 0. The van der Waals surface area contributed by atoms with Gasteiger partial charge in [0.1, 0.15) is 18.0 Å². The number of rotatable bonds is 9. The van der Waals surface area contributed by atoms with Crippen LogP contribution >= 0.6 is 0 Å². The van der Waals surface area contributed by atoms with E-state index >= 15 is 0 Å². The third-order valence-electron chi connectivity index (χ3n) is 5.07. The molecule has 3 aromatic carbocycles. The Kier molecular flexibility index (Phi) is 7.91. The number of methoxy groups -OCH3 is 2. The van der Waals surface area contributed by atoms with Crippen molar-refractivity contribution in [3.8, 4) is 11.5 Å². The third-order valence-corrected chi connectivity index (χ3v) is 6.84. The summed E-state index contributed by atoms with van der Waals surface area (Å²) in [7, 11) is -0.935. The summed E-state index contributed by atoms with van der Waals surface area (Å²) in [5, 5.41) is 3.98. The number of carbonyl (C=O) groups is 1. The molecule has 8 nitrogen and oxygen atoms in total. The zero-order valence-corrected chi connectivity index (χ0v) is 20.3. The minimum Gasteiger partial charge on any atom is -0.497 e. The molecule has 0 atom stereocenters. The highest BCUT2D eigenvalue weighted by Crippen LogP contribution is 2.27. The van der Waals surface area contributed by atoms with Crippen LogP contribution in [0.25, 0.3) is 0 Å². The maximum atomic E-state index is 13.4. The summed E-state index contributed by atoms with van der Waals surface area (Å²) in [4.78, 5) is 12.9. The molecule has 0 heterocycles. The van der Waals surface area contributed by atoms with Crippen LogP contribution in [0, 0.1) is 13.8 Å². The van der Waals surface area contributed by atoms with Crippen LogP contribution < -0.4 is 19.2 Å². The Morgan fingerprint density at radius 2 is 1.74 bits per heavy atom. The van der Waals surface area contributed by atoms with Crippen molar-refractivity contribution >= 4 is 27.8 Å². The molecule has 1 N–H and O–H groups in total. The van der Waals surface area contributed by atoms with Crippen LogP contribution in [0.2, 0.25) is 0 Å². The number of carbonyl (C=O) groups excluding carboxylic acids is 1. The summed E-state index contributed by atoms with van der Waals surface area (Å²) < 4.78 is 38.5. The van der Waals surface area contributed by atoms with E-state index in [1.165, 1.54) is 25.5 Å². The molecule has 0 unspecified atom stereocenters. The molecule has 34 heavy (non-hydrogen) atoms. The highest BCUT2D eigenvalue weighted by atomic mass is 32.2. The van der Waals surface area contributed by atoms with Crippen molar-refractivity contribution in [2.45, 2.75) is 18.7 Å². The van der Waals surface area contributed by atoms with Crippen molar-refractivity contribution in [3.63, 3.8) is 0 Å². The van der Waals surface area contributed by atoms with Gasteiger partial charge in [0.15, 0.2) is 0 Å². The smallest absolute Gasteiger partial charge is 0.264 e. The molecule has 0 bridgehead atoms. The minimum absolute atomic E-state index is 0.0902. The van der Waals surface area contributed by atoms with Gasteiger partial charge in [-0.1, -0.05) is 35.9 Å². The fourth-order valence-corrected chi connectivity index (χ4v) is 4.89. The van der Waals surface area contributed by atoms with Gasteiger partial charge in [0.2, 0.25) is 0 Å². The Bertz CT molecular complexity index is 1290. The van der Waals surface area contributed by atoms with Gasteiger partial charge in [0.25, 0.3) is 15.9 Å². The highest BCUT2D eigenvalue weighted by Gasteiger charge is 2.28. The van der Waals surface area contributed by atoms with Gasteiger partial charge in [-0.15, -0.1) is 0 Å². The van der Waals surface area contributed by atoms with Crippen molar-refractivity contribution < 1.29 is 22.7 Å². The van der Waals surface area contributed by atoms with Crippen LogP contribution in [-0.4, -0.2) is 41.3 Å². The van der Waals surface area contributed by atoms with Crippen LogP contribution in [0.3, 0.4) is 0 Å². The van der Waals surface area contributed by atoms with Gasteiger partial charge in [-0.2, -0.15) is 5.10 Å². The van der Waals surface area contributed by atoms with Crippen molar-refractivity contribution in [2.75, 3.05) is 25.1 Å². The van der Waals surface area contributed by atoms with E-state index in [1.54, 1.807) is 62.6 Å². The van der Waals surface area contributed by atoms with E-state index in [0.717, 1.165) is 15.4 Å². The summed E-state index contributed by atoms with van der Waals surface area (Å²) in [6, 6.07) is 18.5. The lowest BCUT2D eigenvalue weighted by atomic mass is 10.1. The average Bonchev–Trinajstić information content (AvgIpc) is 2.83. The van der Waals surface area contributed by atoms with E-state index in [-0.39, 0.29) is 4.90 Å². The molecule has 3 rings (SSSR count). The summed E-state index contributed by atoms with van der Waals surface area (Å²) in [5.41, 5.74) is 5.13. The second-order valence-electron chi connectivity index (χ2n) is 7.52. The quantitative estimate of drug-likeness (QED) is 0.372. The second kappa shape index (κ2) is 10.8. The first-order valence-corrected chi connectivity index (χ1v) is 11.9. The topological polar surface area (TPSA) is 97.3 Å². The maximum Gasteiger partial charge on any atom is 0.264 e. The van der Waals surface area contributed by atoms with Crippen LogP contribution in [0.5, 0.6) is 11.5 Å². The van der Waals surface area contributed by atoms with Gasteiger partial charge < -0.3 is 9.47 Å². The van der Waals surface area contributed by atoms with E-state index in [0.29, 0.717) is 22.7 Å². The first kappa shape index (κ1) is 24.8. The van der Waals surface area contributed by atoms with Crippen molar-refractivity contribution in [1.82, 2.24) is 5.43 Å². The predicted octanol–water partition coefficient (Wildman–Crippen LogP) is 3.67. The Balaban J connectivity index is 1.87. The van der Waals surface area contributed by atoms with E-state index in [2.05, 4.69) is 10.5 Å². The van der Waals surface area contributed by atoms with Gasteiger partial charge in [-0.3, -0.25) is 9.10 Å². The molecule has 0 saturated heterocycles. The lowest BCUT2D eigenvalue weighted by Gasteiger charge is -2.25. The third kappa shape index (κ3) is 5.74. The molecule has 0 aromatic heterocycles. The number of anilines is 1. The number of amides is 1. The summed E-state index contributed by atoms with van der Waals surface area (Å²) in [6.45, 7) is 3.27. The molecule has 0 aliphatic heterocycles. The number of aryl methyl sites for hydroxylation is 2. The van der Waals surface area contributed by atoms with Crippen molar-refractivity contribution in [2.24, 2.45) is 5.10 Å². The Labute approximate surface area is 199 Å². The largest absolute Gasteiger partial charge is 0.497 e. The van der Waals surface area contributed by atoms with Crippen LogP contribution in [0.1, 0.15) is 16.7 Å². The molecule has 0 aliphatic rings. The lowest BCUT2D eigenvalue weighted by molar-refractivity contribution is -0.119. The van der Waals surface area contributed by atoms with E-state index in [4.69, 9.17) is 9.47 Å². The maximum absolute atomic E-state index is 13.4. The second-order valence-corrected chi connectivity index (χ2v) is 9.38. The Morgan fingerprint density at radius 3 is 2.38 bits per heavy atom. The van der Waals surface area contributed by atoms with Crippen LogP contribution in [0.4, 0.5) is 5.69 Å². The predicted molar refractivity (Wildman–Crippen MR) is 132 cm³/mol. The Hall–Kier alpha value is -3.85. The SMILES string of the molecule is COc1ccc(OC)c(/C=N\NC(=O)CN(c2ccc(C)cc2C)S(=O)(=O)c2ccccc2)c1. The van der Waals surface area contributed by atoms with Crippen molar-refractivity contribution in [3.05, 3.63) is 83.4 Å². The minimum atomic E-state index is -4.00. The molecule has 0 fully saturated rings. The molecule has 0 saturated carbocycles. The summed E-state index contributed by atoms with van der Waals surface area (Å²) in [6.07, 6.45) is 1.41. The molecule has 1 amide bonds. The molecular formula is C25H27N3O5S. The van der Waals surface area contributed by atoms with Crippen LogP contribution in [-0.2, 0) is 14.8 Å². The highest BCUT2D eigenvalue weighted by molar-refractivity contribution is 7.92. The van der Waals surface area contributed by atoms with E-state index in [1.807, 2.05) is 13.0 Å². The van der Waals surface area contributed by atoms with Gasteiger partial charge in [0.05, 0.1) is 31.0 Å². The van der Waals surface area contributed by atoms with Gasteiger partial charge >= 0.3 is 0 Å². The normalized spacial score (nSPS) is 11.3. The number of benzene rings is 3. The fraction of sp³-hybridized carbons (Fsp3) is 0.200. The van der Waals surface area contributed by atoms with E-state index in [9.17, 15) is 13.2 Å². The van der Waals surface area contributed by atoms with Crippen molar-refractivity contribution in [1.29, 1.82) is 0 Å². The number of ether oxygens (including phenoxy) is 2. The zero-order valence-electron chi connectivity index (χ0n) is 19.5. The van der Waals surface area contributed by atoms with E-state index < -0.39 is 22.5 Å². The molecule has 0 radical (unpaired) electrons. The average molecular weight is 482 g/mol. The zero-order chi connectivity index (χ0) is 24.7. The molecular weight excluding hydrogens is 454 g/mol. The molecule has 0 aliphatic carbocycles. The number of hydrogen-bond acceptors (Lipinski definition) is 6. The van der Waals surface area contributed by atoms with Gasteiger partial charge in [-0.25, -0.2) is 13.8 Å². The number of nitrogens with one attached hydrogen (secondary N) is 1. The Morgan fingerprint density at radius 1 is 1.00 bits per heavy atom. The number of hydrazone groups is 1. The number of sulfonamides is 1. The molecule has 178 valence electrons. The first-order valence-electron chi connectivity index (χ1n) is 10.4.